The molecule has 4 aromatic carbocycles. The summed E-state index contributed by atoms with van der Waals surface area (Å²) in [6.45, 7) is 1.94. The Bertz CT molecular complexity index is 1540. The zero-order valence-corrected chi connectivity index (χ0v) is 19.1. The normalized spacial score (nSPS) is 11.0. The lowest BCUT2D eigenvalue weighted by Crippen LogP contribution is -2.34. The van der Waals surface area contributed by atoms with Crippen molar-refractivity contribution in [2.24, 2.45) is 0 Å². The summed E-state index contributed by atoms with van der Waals surface area (Å²) in [5, 5.41) is 8.57. The molecular weight excluding hydrogens is 454 g/mol. The van der Waals surface area contributed by atoms with E-state index in [1.807, 2.05) is 61.5 Å². The second-order valence-electron chi connectivity index (χ2n) is 7.54. The minimum Gasteiger partial charge on any atom is -0.436 e. The highest BCUT2D eigenvalue weighted by atomic mass is 35.5. The minimum atomic E-state index is -0.270. The maximum Gasteiger partial charge on any atom is 0.258 e. The second-order valence-corrected chi connectivity index (χ2v) is 8.39. The Balaban J connectivity index is 1.38. The lowest BCUT2D eigenvalue weighted by atomic mass is 10.0. The predicted octanol–water partition coefficient (Wildman–Crippen LogP) is 6.74. The zero-order chi connectivity index (χ0) is 22.9. The highest BCUT2D eigenvalue weighted by molar-refractivity contribution is 7.80. The number of carbonyl (C=O) groups is 1. The van der Waals surface area contributed by atoms with Gasteiger partial charge in [-0.05, 0) is 71.9 Å². The topological polar surface area (TPSA) is 67.2 Å². The Hall–Kier alpha value is -3.74. The lowest BCUT2D eigenvalue weighted by molar-refractivity contribution is 0.0979. The maximum atomic E-state index is 12.9. The molecule has 0 aliphatic rings. The van der Waals surface area contributed by atoms with Gasteiger partial charge in [-0.25, -0.2) is 4.98 Å². The molecule has 0 fully saturated rings. The van der Waals surface area contributed by atoms with Gasteiger partial charge in [0.2, 0.25) is 5.89 Å². The number of aromatic nitrogens is 1. The third kappa shape index (κ3) is 4.18. The molecule has 0 aliphatic carbocycles. The van der Waals surface area contributed by atoms with Gasteiger partial charge in [-0.1, -0.05) is 54.1 Å². The number of thiocarbonyl (C=S) groups is 1. The number of carbonyl (C=O) groups excluding carboxylic acids is 1. The summed E-state index contributed by atoms with van der Waals surface area (Å²) in [7, 11) is 0. The average molecular weight is 472 g/mol. The third-order valence-electron chi connectivity index (χ3n) is 5.42. The number of nitrogens with one attached hydrogen (secondary N) is 2. The monoisotopic (exact) mass is 471 g/mol. The molecule has 5 rings (SSSR count). The van der Waals surface area contributed by atoms with Gasteiger partial charge >= 0.3 is 0 Å². The summed E-state index contributed by atoms with van der Waals surface area (Å²) < 4.78 is 5.91. The first-order chi connectivity index (χ1) is 16.0. The van der Waals surface area contributed by atoms with Crippen LogP contribution < -0.4 is 10.6 Å². The molecule has 0 radical (unpaired) electrons. The van der Waals surface area contributed by atoms with E-state index in [1.165, 1.54) is 0 Å². The van der Waals surface area contributed by atoms with Crippen molar-refractivity contribution in [3.05, 3.63) is 95.0 Å². The number of benzene rings is 4. The van der Waals surface area contributed by atoms with Crippen molar-refractivity contribution < 1.29 is 9.21 Å². The largest absolute Gasteiger partial charge is 0.436 e. The van der Waals surface area contributed by atoms with Gasteiger partial charge in [-0.15, -0.1) is 0 Å². The molecule has 0 saturated heterocycles. The Labute approximate surface area is 200 Å². The van der Waals surface area contributed by atoms with Gasteiger partial charge in [0.15, 0.2) is 10.7 Å². The summed E-state index contributed by atoms with van der Waals surface area (Å²) in [5.41, 5.74) is 4.36. The molecule has 0 saturated carbocycles. The van der Waals surface area contributed by atoms with Gasteiger partial charge in [0.25, 0.3) is 5.91 Å². The van der Waals surface area contributed by atoms with Crippen LogP contribution in [0, 0.1) is 6.92 Å². The molecular formula is C26H18ClN3O2S. The second kappa shape index (κ2) is 8.65. The summed E-state index contributed by atoms with van der Waals surface area (Å²) >= 11 is 11.5. The number of anilines is 1. The molecule has 7 heteroatoms. The van der Waals surface area contributed by atoms with E-state index < -0.39 is 0 Å². The van der Waals surface area contributed by atoms with E-state index in [-0.39, 0.29) is 11.0 Å². The van der Waals surface area contributed by atoms with Crippen molar-refractivity contribution in [1.82, 2.24) is 10.3 Å². The highest BCUT2D eigenvalue weighted by Gasteiger charge is 2.15. The van der Waals surface area contributed by atoms with Crippen molar-refractivity contribution in [1.29, 1.82) is 0 Å². The van der Waals surface area contributed by atoms with Gasteiger partial charge in [-0.3, -0.25) is 10.1 Å². The van der Waals surface area contributed by atoms with Crippen LogP contribution in [0.4, 0.5) is 5.69 Å². The molecule has 0 aliphatic heterocycles. The standard InChI is InChI=1S/C26H18ClN3O2S/c1-15-18(25-28-22-14-17(27)12-13-23(22)32-25)9-5-11-21(15)29-26(33)30-24(31)20-10-4-7-16-6-2-3-8-19(16)20/h2-14H,1H3,(H2,29,30,31,33). The molecule has 1 heterocycles. The summed E-state index contributed by atoms with van der Waals surface area (Å²) in [5.74, 6) is 0.216. The molecule has 0 bridgehead atoms. The van der Waals surface area contributed by atoms with E-state index in [4.69, 9.17) is 28.2 Å². The van der Waals surface area contributed by atoms with Gasteiger partial charge in [-0.2, -0.15) is 0 Å². The van der Waals surface area contributed by atoms with Crippen LogP contribution in [0.5, 0.6) is 0 Å². The first-order valence-corrected chi connectivity index (χ1v) is 11.0. The molecule has 0 atom stereocenters. The SMILES string of the molecule is Cc1c(NC(=S)NC(=O)c2cccc3ccccc23)cccc1-c1nc2cc(Cl)ccc2o1. The van der Waals surface area contributed by atoms with Gasteiger partial charge in [0, 0.05) is 21.8 Å². The van der Waals surface area contributed by atoms with E-state index in [0.717, 1.165) is 27.6 Å². The van der Waals surface area contributed by atoms with Gasteiger partial charge in [0.05, 0.1) is 0 Å². The van der Waals surface area contributed by atoms with E-state index in [0.29, 0.717) is 27.6 Å². The van der Waals surface area contributed by atoms with Crippen LogP contribution in [-0.4, -0.2) is 16.0 Å². The van der Waals surface area contributed by atoms with E-state index in [1.54, 1.807) is 24.3 Å². The Morgan fingerprint density at radius 3 is 2.67 bits per heavy atom. The molecule has 5 aromatic rings. The summed E-state index contributed by atoms with van der Waals surface area (Å²) in [6.07, 6.45) is 0. The van der Waals surface area contributed by atoms with E-state index in [2.05, 4.69) is 15.6 Å². The van der Waals surface area contributed by atoms with Crippen molar-refractivity contribution in [2.45, 2.75) is 6.92 Å². The molecule has 2 N–H and O–H groups in total. The van der Waals surface area contributed by atoms with Crippen LogP contribution >= 0.6 is 23.8 Å². The van der Waals surface area contributed by atoms with Crippen molar-refractivity contribution in [2.75, 3.05) is 5.32 Å². The number of oxazole rings is 1. The first-order valence-electron chi connectivity index (χ1n) is 10.3. The van der Waals surface area contributed by atoms with Crippen LogP contribution in [0.3, 0.4) is 0 Å². The van der Waals surface area contributed by atoms with Crippen LogP contribution in [0.1, 0.15) is 15.9 Å². The molecule has 0 unspecified atom stereocenters. The Kier molecular flexibility index (Phi) is 5.54. The number of rotatable bonds is 3. The lowest BCUT2D eigenvalue weighted by Gasteiger charge is -2.14. The third-order valence-corrected chi connectivity index (χ3v) is 5.86. The van der Waals surface area contributed by atoms with Crippen molar-refractivity contribution >= 4 is 62.4 Å². The van der Waals surface area contributed by atoms with Crippen LogP contribution in [0.15, 0.2) is 83.3 Å². The predicted molar refractivity (Wildman–Crippen MR) is 137 cm³/mol. The average Bonchev–Trinajstić information content (AvgIpc) is 3.23. The smallest absolute Gasteiger partial charge is 0.258 e. The fourth-order valence-corrected chi connectivity index (χ4v) is 4.13. The summed E-state index contributed by atoms with van der Waals surface area (Å²) in [6, 6.07) is 24.4. The molecule has 0 spiro atoms. The Morgan fingerprint density at radius 2 is 1.79 bits per heavy atom. The molecule has 33 heavy (non-hydrogen) atoms. The van der Waals surface area contributed by atoms with E-state index in [9.17, 15) is 4.79 Å². The molecule has 162 valence electrons. The number of nitrogens with zero attached hydrogens (tertiary/aromatic N) is 1. The maximum absolute atomic E-state index is 12.9. The number of amides is 1. The number of halogens is 1. The van der Waals surface area contributed by atoms with Crippen molar-refractivity contribution in [3.8, 4) is 11.5 Å². The molecule has 5 nitrogen and oxygen atoms in total. The minimum absolute atomic E-state index is 0.206. The van der Waals surface area contributed by atoms with Crippen molar-refractivity contribution in [3.63, 3.8) is 0 Å². The number of fused-ring (bicyclic) bond motifs is 2. The quantitative estimate of drug-likeness (QED) is 0.285. The fraction of sp³-hybridized carbons (Fsp3) is 0.0385. The van der Waals surface area contributed by atoms with Crippen LogP contribution in [-0.2, 0) is 0 Å². The zero-order valence-electron chi connectivity index (χ0n) is 17.6. The van der Waals surface area contributed by atoms with Crippen LogP contribution in [0.2, 0.25) is 5.02 Å². The number of hydrogen-bond donors (Lipinski definition) is 2. The molecule has 1 amide bonds. The van der Waals surface area contributed by atoms with E-state index >= 15 is 0 Å². The first kappa shape index (κ1) is 21.1. The number of hydrogen-bond acceptors (Lipinski definition) is 4. The summed E-state index contributed by atoms with van der Waals surface area (Å²) in [4.78, 5) is 17.4. The fourth-order valence-electron chi connectivity index (χ4n) is 3.77. The van der Waals surface area contributed by atoms with Gasteiger partial charge < -0.3 is 9.73 Å². The van der Waals surface area contributed by atoms with Gasteiger partial charge in [0.1, 0.15) is 5.52 Å². The van der Waals surface area contributed by atoms with Crippen LogP contribution in [0.25, 0.3) is 33.3 Å². The molecule has 1 aromatic heterocycles. The highest BCUT2D eigenvalue weighted by Crippen LogP contribution is 2.31. The Morgan fingerprint density at radius 1 is 1.00 bits per heavy atom.